The van der Waals surface area contributed by atoms with Gasteiger partial charge in [-0.25, -0.2) is 9.97 Å². The first-order valence-electron chi connectivity index (χ1n) is 12.4. The molecule has 37 heavy (non-hydrogen) atoms. The average Bonchev–Trinajstić information content (AvgIpc) is 3.64. The molecule has 1 amide bonds. The van der Waals surface area contributed by atoms with Crippen molar-refractivity contribution in [2.45, 2.75) is 51.7 Å². The minimum atomic E-state index is -4.53. The van der Waals surface area contributed by atoms with Crippen LogP contribution in [0.3, 0.4) is 0 Å². The van der Waals surface area contributed by atoms with Crippen molar-refractivity contribution in [3.05, 3.63) is 60.4 Å². The number of nitrogens with one attached hydrogen (secondary N) is 1. The Balaban J connectivity index is 1.57. The Bertz CT molecular complexity index is 1400. The third-order valence-electron chi connectivity index (χ3n) is 6.84. The molecule has 0 saturated heterocycles. The van der Waals surface area contributed by atoms with Crippen molar-refractivity contribution in [3.63, 3.8) is 0 Å². The van der Waals surface area contributed by atoms with Gasteiger partial charge in [-0.15, -0.1) is 0 Å². The summed E-state index contributed by atoms with van der Waals surface area (Å²) in [7, 11) is 0. The van der Waals surface area contributed by atoms with Crippen LogP contribution in [0, 0.1) is 0 Å². The van der Waals surface area contributed by atoms with Gasteiger partial charge >= 0.3 is 6.18 Å². The van der Waals surface area contributed by atoms with Crippen LogP contribution in [0.4, 0.5) is 24.8 Å². The molecule has 3 aromatic heterocycles. The summed E-state index contributed by atoms with van der Waals surface area (Å²) in [5.74, 6) is 0.0925. The highest BCUT2D eigenvalue weighted by Gasteiger charge is 2.32. The van der Waals surface area contributed by atoms with Crippen molar-refractivity contribution in [1.82, 2.24) is 29.0 Å². The molecule has 0 radical (unpaired) electrons. The number of fused-ring (bicyclic) bond motifs is 1. The summed E-state index contributed by atoms with van der Waals surface area (Å²) >= 11 is 0. The highest BCUT2D eigenvalue weighted by Crippen LogP contribution is 2.36. The molecule has 4 aromatic rings. The first-order valence-corrected chi connectivity index (χ1v) is 12.4. The van der Waals surface area contributed by atoms with Gasteiger partial charge in [0.25, 0.3) is 5.91 Å². The second kappa shape index (κ2) is 9.87. The van der Waals surface area contributed by atoms with Gasteiger partial charge in [0.2, 0.25) is 5.95 Å². The van der Waals surface area contributed by atoms with Gasteiger partial charge in [-0.2, -0.15) is 18.2 Å². The summed E-state index contributed by atoms with van der Waals surface area (Å²) in [6.07, 6.45) is 5.61. The summed E-state index contributed by atoms with van der Waals surface area (Å²) in [5.41, 5.74) is 0.859. The molecule has 1 aliphatic rings. The van der Waals surface area contributed by atoms with Crippen LogP contribution >= 0.6 is 0 Å². The van der Waals surface area contributed by atoms with E-state index in [-0.39, 0.29) is 23.6 Å². The lowest BCUT2D eigenvalue weighted by Gasteiger charge is -2.22. The van der Waals surface area contributed by atoms with Gasteiger partial charge in [-0.05, 0) is 51.0 Å². The maximum Gasteiger partial charge on any atom is 0.416 e. The van der Waals surface area contributed by atoms with Gasteiger partial charge in [0.1, 0.15) is 11.3 Å². The Labute approximate surface area is 212 Å². The smallest absolute Gasteiger partial charge is 0.338 e. The van der Waals surface area contributed by atoms with Crippen LogP contribution in [0.5, 0.6) is 0 Å². The van der Waals surface area contributed by atoms with E-state index >= 15 is 0 Å². The number of alkyl halides is 3. The van der Waals surface area contributed by atoms with Crippen LogP contribution in [0.15, 0.2) is 49.2 Å². The summed E-state index contributed by atoms with van der Waals surface area (Å²) in [5, 5.41) is 3.67. The van der Waals surface area contributed by atoms with Crippen LogP contribution in [0.1, 0.15) is 61.6 Å². The van der Waals surface area contributed by atoms with Crippen molar-refractivity contribution in [2.75, 3.05) is 18.4 Å². The zero-order valence-corrected chi connectivity index (χ0v) is 20.7. The van der Waals surface area contributed by atoms with Crippen molar-refractivity contribution in [2.24, 2.45) is 0 Å². The number of nitrogens with zero attached hydrogens (tertiary/aromatic N) is 6. The fourth-order valence-electron chi connectivity index (χ4n) is 4.97. The molecular formula is C26H28F3N7O. The number of anilines is 2. The molecule has 8 nitrogen and oxygen atoms in total. The van der Waals surface area contributed by atoms with Crippen LogP contribution in [0.25, 0.3) is 16.7 Å². The van der Waals surface area contributed by atoms with Gasteiger partial charge < -0.3 is 19.4 Å². The number of hydrogen-bond acceptors (Lipinski definition) is 5. The maximum absolute atomic E-state index is 13.6. The van der Waals surface area contributed by atoms with E-state index in [2.05, 4.69) is 20.3 Å². The molecule has 0 bridgehead atoms. The first kappa shape index (κ1) is 24.8. The molecule has 11 heteroatoms. The Kier molecular flexibility index (Phi) is 6.61. The maximum atomic E-state index is 13.6. The fourth-order valence-corrected chi connectivity index (χ4v) is 4.97. The van der Waals surface area contributed by atoms with Crippen LogP contribution in [0.2, 0.25) is 0 Å². The molecule has 1 aliphatic carbocycles. The predicted octanol–water partition coefficient (Wildman–Crippen LogP) is 5.98. The second-order valence-corrected chi connectivity index (χ2v) is 9.15. The lowest BCUT2D eigenvalue weighted by Crippen LogP contribution is -2.32. The van der Waals surface area contributed by atoms with Crippen LogP contribution < -0.4 is 5.32 Å². The van der Waals surface area contributed by atoms with E-state index in [9.17, 15) is 18.0 Å². The zero-order chi connectivity index (χ0) is 26.2. The average molecular weight is 512 g/mol. The molecular weight excluding hydrogens is 483 g/mol. The standard InChI is InChI=1S/C26H28F3N7O/c1-3-34(4-2)24(37)22-11-17-15-31-25(33-23(17)36(22)20-7-5-6-8-20)32-19-12-18(26(27,28)29)13-21(14-19)35-10-9-30-16-35/h9-16,20H,3-8H2,1-2H3,(H,31,32,33). The van der Waals surface area contributed by atoms with E-state index in [0.29, 0.717) is 30.1 Å². The van der Waals surface area contributed by atoms with E-state index in [1.54, 1.807) is 23.4 Å². The molecule has 1 N–H and O–H groups in total. The van der Waals surface area contributed by atoms with Crippen molar-refractivity contribution in [3.8, 4) is 5.69 Å². The molecule has 1 aromatic carbocycles. The minimum Gasteiger partial charge on any atom is -0.338 e. The van der Waals surface area contributed by atoms with E-state index in [0.717, 1.165) is 43.2 Å². The highest BCUT2D eigenvalue weighted by molar-refractivity contribution is 5.98. The Morgan fingerprint density at radius 3 is 2.54 bits per heavy atom. The number of aromatic nitrogens is 5. The Morgan fingerprint density at radius 2 is 1.89 bits per heavy atom. The van der Waals surface area contributed by atoms with Gasteiger partial charge in [0.05, 0.1) is 11.9 Å². The number of rotatable bonds is 7. The topological polar surface area (TPSA) is 80.9 Å². The molecule has 1 fully saturated rings. The number of carbonyl (C=O) groups is 1. The number of amides is 1. The molecule has 0 unspecified atom stereocenters. The zero-order valence-electron chi connectivity index (χ0n) is 20.7. The lowest BCUT2D eigenvalue weighted by atomic mass is 10.1. The minimum absolute atomic E-state index is 0.0627. The quantitative estimate of drug-likeness (QED) is 0.330. The number of imidazole rings is 1. The second-order valence-electron chi connectivity index (χ2n) is 9.15. The number of hydrogen-bond donors (Lipinski definition) is 1. The largest absolute Gasteiger partial charge is 0.416 e. The first-order chi connectivity index (χ1) is 17.8. The van der Waals surface area contributed by atoms with Crippen LogP contribution in [-0.2, 0) is 6.18 Å². The van der Waals surface area contributed by atoms with Gasteiger partial charge in [0.15, 0.2) is 0 Å². The number of halogens is 3. The number of benzene rings is 1. The van der Waals surface area contributed by atoms with Crippen LogP contribution in [-0.4, -0.2) is 48.0 Å². The third-order valence-corrected chi connectivity index (χ3v) is 6.84. The molecule has 0 spiro atoms. The fraction of sp³-hybridized carbons (Fsp3) is 0.385. The molecule has 3 heterocycles. The molecule has 1 saturated carbocycles. The van der Waals surface area contributed by atoms with Gasteiger partial charge in [-0.1, -0.05) is 12.8 Å². The van der Waals surface area contributed by atoms with Gasteiger partial charge in [0, 0.05) is 54.5 Å². The predicted molar refractivity (Wildman–Crippen MR) is 134 cm³/mol. The third kappa shape index (κ3) is 4.90. The summed E-state index contributed by atoms with van der Waals surface area (Å²) in [4.78, 5) is 28.1. The molecule has 5 rings (SSSR count). The molecule has 0 aliphatic heterocycles. The Hall–Kier alpha value is -3.89. The molecule has 194 valence electrons. The Morgan fingerprint density at radius 1 is 1.14 bits per heavy atom. The van der Waals surface area contributed by atoms with Crippen molar-refractivity contribution in [1.29, 1.82) is 0 Å². The van der Waals surface area contributed by atoms with E-state index in [1.807, 2.05) is 24.5 Å². The summed E-state index contributed by atoms with van der Waals surface area (Å²) in [6.45, 7) is 5.07. The SMILES string of the molecule is CCN(CC)C(=O)c1cc2cnc(Nc3cc(-n4ccnc4)cc(C(F)(F)F)c3)nc2n1C1CCCC1. The van der Waals surface area contributed by atoms with Crippen molar-refractivity contribution >= 4 is 28.6 Å². The molecule has 0 atom stereocenters. The summed E-state index contributed by atoms with van der Waals surface area (Å²) in [6, 6.07) is 5.62. The normalized spacial score (nSPS) is 14.4. The monoisotopic (exact) mass is 511 g/mol. The van der Waals surface area contributed by atoms with E-state index < -0.39 is 11.7 Å². The van der Waals surface area contributed by atoms with Gasteiger partial charge in [-0.3, -0.25) is 4.79 Å². The van der Waals surface area contributed by atoms with Crippen molar-refractivity contribution < 1.29 is 18.0 Å². The van der Waals surface area contributed by atoms with E-state index in [1.165, 1.54) is 17.1 Å². The van der Waals surface area contributed by atoms with E-state index in [4.69, 9.17) is 0 Å². The summed E-state index contributed by atoms with van der Waals surface area (Å²) < 4.78 is 44.4. The lowest BCUT2D eigenvalue weighted by molar-refractivity contribution is -0.137. The highest BCUT2D eigenvalue weighted by atomic mass is 19.4. The number of carbonyl (C=O) groups excluding carboxylic acids is 1.